The number of aromatic nitrogens is 6. The summed E-state index contributed by atoms with van der Waals surface area (Å²) in [6.45, 7) is 0. The molecule has 0 amide bonds. The molecule has 0 spiro atoms. The van der Waals surface area contributed by atoms with Crippen molar-refractivity contribution in [3.63, 3.8) is 0 Å². The van der Waals surface area contributed by atoms with Crippen molar-refractivity contribution in [2.45, 2.75) is 0 Å². The molecule has 52 heavy (non-hydrogen) atoms. The Hall–Kier alpha value is -7.32. The van der Waals surface area contributed by atoms with E-state index in [2.05, 4.69) is 81.6 Å². The summed E-state index contributed by atoms with van der Waals surface area (Å²) in [7, 11) is 0. The van der Waals surface area contributed by atoms with Crippen molar-refractivity contribution >= 4 is 82.4 Å². The van der Waals surface area contributed by atoms with Gasteiger partial charge in [0.05, 0.1) is 35.5 Å². The van der Waals surface area contributed by atoms with E-state index >= 15 is 0 Å². The zero-order valence-electron chi connectivity index (χ0n) is 27.4. The summed E-state index contributed by atoms with van der Waals surface area (Å²) in [5.74, 6) is 0. The summed E-state index contributed by atoms with van der Waals surface area (Å²) in [6, 6.07) is 39.6. The standard InChI is InChI=1S/C44H24N6O2/c1-2-8-25(9-3-1)34-24-47-43-38(48-34)33-16-6-13-30-29-12-5-15-32-37-42(46-21-20-45-37)49(39(29)32)44(50(43)40(30)33)36(28-11-7-17-35-27(28)19-23-51-35)31-14-4-10-26-18-22-52-41(26)31/h1-24H/b44-36-. The van der Waals surface area contributed by atoms with Gasteiger partial charge >= 0.3 is 0 Å². The van der Waals surface area contributed by atoms with Crippen LogP contribution in [0.15, 0.2) is 155 Å². The number of rotatable bonds is 3. The van der Waals surface area contributed by atoms with E-state index in [4.69, 9.17) is 28.8 Å². The SMILES string of the molecule is c1ccc(-c2cnc3c(n2)c2cccc4c5cccc6c7nccnc7n(/c(=C(\c7cccc8occc78)c7cccc8ccoc78)n3c42)c56)cc1. The van der Waals surface area contributed by atoms with E-state index in [1.165, 1.54) is 0 Å². The Labute approximate surface area is 293 Å². The van der Waals surface area contributed by atoms with Gasteiger partial charge in [0, 0.05) is 61.4 Å². The molecule has 0 aliphatic heterocycles. The summed E-state index contributed by atoms with van der Waals surface area (Å²) < 4.78 is 16.9. The second kappa shape index (κ2) is 10.1. The molecule has 7 aromatic heterocycles. The maximum Gasteiger partial charge on any atom is 0.165 e. The van der Waals surface area contributed by atoms with Crippen LogP contribution in [0.5, 0.6) is 0 Å². The minimum absolute atomic E-state index is 0.729. The third kappa shape index (κ3) is 3.54. The van der Waals surface area contributed by atoms with E-state index < -0.39 is 0 Å². The minimum atomic E-state index is 0.729. The number of hydrogen-bond donors (Lipinski definition) is 0. The molecule has 7 heterocycles. The van der Waals surface area contributed by atoms with Crippen molar-refractivity contribution in [1.82, 2.24) is 28.7 Å². The summed E-state index contributed by atoms with van der Waals surface area (Å²) >= 11 is 0. The molecule has 0 N–H and O–H groups in total. The number of furan rings is 2. The fourth-order valence-corrected chi connectivity index (χ4v) is 8.28. The van der Waals surface area contributed by atoms with Crippen molar-refractivity contribution in [1.29, 1.82) is 0 Å². The van der Waals surface area contributed by atoms with Crippen LogP contribution < -0.4 is 5.48 Å². The third-order valence-electron chi connectivity index (χ3n) is 10.4. The van der Waals surface area contributed by atoms with E-state index in [0.29, 0.717) is 0 Å². The minimum Gasteiger partial charge on any atom is -0.464 e. The Balaban J connectivity index is 1.48. The molecule has 0 saturated carbocycles. The van der Waals surface area contributed by atoms with Crippen LogP contribution in [-0.4, -0.2) is 28.7 Å². The number of nitrogens with zero attached hydrogens (tertiary/aromatic N) is 6. The van der Waals surface area contributed by atoms with Crippen LogP contribution >= 0.6 is 0 Å². The van der Waals surface area contributed by atoms with Gasteiger partial charge in [-0.1, -0.05) is 97.1 Å². The zero-order valence-corrected chi connectivity index (χ0v) is 27.4. The molecule has 242 valence electrons. The Kier molecular flexibility index (Phi) is 5.35. The van der Waals surface area contributed by atoms with Gasteiger partial charge in [-0.15, -0.1) is 0 Å². The van der Waals surface area contributed by atoms with Crippen molar-refractivity contribution in [2.24, 2.45) is 0 Å². The van der Waals surface area contributed by atoms with Gasteiger partial charge in [-0.3, -0.25) is 13.8 Å². The maximum atomic E-state index is 6.32. The molecule has 0 fully saturated rings. The van der Waals surface area contributed by atoms with E-state index in [1.807, 2.05) is 48.7 Å². The van der Waals surface area contributed by atoms with E-state index in [0.717, 1.165) is 110 Å². The first kappa shape index (κ1) is 27.5. The topological polar surface area (TPSA) is 86.7 Å². The summed E-state index contributed by atoms with van der Waals surface area (Å²) in [4.78, 5) is 20.6. The molecule has 0 unspecified atom stereocenters. The second-order valence-corrected chi connectivity index (χ2v) is 13.1. The Morgan fingerprint density at radius 3 is 2.06 bits per heavy atom. The lowest BCUT2D eigenvalue weighted by atomic mass is 9.94. The maximum absolute atomic E-state index is 6.32. The van der Waals surface area contributed by atoms with Crippen LogP contribution in [0.1, 0.15) is 11.1 Å². The quantitative estimate of drug-likeness (QED) is 0.186. The van der Waals surface area contributed by atoms with Crippen LogP contribution in [0, 0.1) is 0 Å². The number of benzene rings is 5. The lowest BCUT2D eigenvalue weighted by Gasteiger charge is -2.13. The van der Waals surface area contributed by atoms with Gasteiger partial charge in [0.1, 0.15) is 27.7 Å². The van der Waals surface area contributed by atoms with Crippen LogP contribution in [0.2, 0.25) is 0 Å². The Morgan fingerprint density at radius 1 is 0.519 bits per heavy atom. The van der Waals surface area contributed by atoms with Gasteiger partial charge < -0.3 is 8.83 Å². The van der Waals surface area contributed by atoms with Gasteiger partial charge in [-0.05, 0) is 23.8 Å². The molecule has 8 nitrogen and oxygen atoms in total. The monoisotopic (exact) mass is 668 g/mol. The highest BCUT2D eigenvalue weighted by Crippen LogP contribution is 2.39. The molecule has 12 rings (SSSR count). The molecule has 5 aromatic carbocycles. The van der Waals surface area contributed by atoms with E-state index in [1.54, 1.807) is 24.9 Å². The second-order valence-electron chi connectivity index (χ2n) is 13.1. The predicted molar refractivity (Wildman–Crippen MR) is 204 cm³/mol. The normalized spacial score (nSPS) is 12.9. The lowest BCUT2D eigenvalue weighted by Crippen LogP contribution is -2.25. The van der Waals surface area contributed by atoms with Gasteiger partial charge in [-0.2, -0.15) is 0 Å². The highest BCUT2D eigenvalue weighted by Gasteiger charge is 2.25. The molecular formula is C44H24N6O2. The van der Waals surface area contributed by atoms with Crippen LogP contribution in [0.4, 0.5) is 0 Å². The van der Waals surface area contributed by atoms with Crippen molar-refractivity contribution < 1.29 is 8.83 Å². The van der Waals surface area contributed by atoms with Crippen LogP contribution in [-0.2, 0) is 0 Å². The molecule has 12 aromatic rings. The van der Waals surface area contributed by atoms with Gasteiger partial charge in [0.25, 0.3) is 0 Å². The molecular weight excluding hydrogens is 645 g/mol. The highest BCUT2D eigenvalue weighted by molar-refractivity contribution is 6.22. The molecule has 0 saturated heterocycles. The smallest absolute Gasteiger partial charge is 0.165 e. The molecule has 0 radical (unpaired) electrons. The number of hydrogen-bond acceptors (Lipinski definition) is 6. The fourth-order valence-electron chi connectivity index (χ4n) is 8.28. The first-order chi connectivity index (χ1) is 25.8. The van der Waals surface area contributed by atoms with Crippen molar-refractivity contribution in [2.75, 3.05) is 0 Å². The molecule has 0 atom stereocenters. The van der Waals surface area contributed by atoms with Crippen LogP contribution in [0.25, 0.3) is 93.7 Å². The zero-order chi connectivity index (χ0) is 33.9. The van der Waals surface area contributed by atoms with E-state index in [9.17, 15) is 0 Å². The number of para-hydroxylation sites is 3. The van der Waals surface area contributed by atoms with Crippen molar-refractivity contribution in [3.05, 3.63) is 163 Å². The lowest BCUT2D eigenvalue weighted by molar-refractivity contribution is 0.614. The predicted octanol–water partition coefficient (Wildman–Crippen LogP) is 9.51. The first-order valence-electron chi connectivity index (χ1n) is 17.1. The fraction of sp³-hybridized carbons (Fsp3) is 0. The Bertz CT molecular complexity index is 3400. The first-order valence-corrected chi connectivity index (χ1v) is 17.1. The van der Waals surface area contributed by atoms with Crippen molar-refractivity contribution in [3.8, 4) is 11.3 Å². The van der Waals surface area contributed by atoms with E-state index in [-0.39, 0.29) is 0 Å². The molecule has 0 aliphatic rings. The van der Waals surface area contributed by atoms with Gasteiger partial charge in [-0.25, -0.2) is 15.0 Å². The van der Waals surface area contributed by atoms with Gasteiger partial charge in [0.2, 0.25) is 0 Å². The van der Waals surface area contributed by atoms with Gasteiger partial charge in [0.15, 0.2) is 11.3 Å². The Morgan fingerprint density at radius 2 is 1.21 bits per heavy atom. The average Bonchev–Trinajstić information content (AvgIpc) is 4.00. The highest BCUT2D eigenvalue weighted by atomic mass is 16.3. The molecule has 0 bridgehead atoms. The largest absolute Gasteiger partial charge is 0.464 e. The summed E-state index contributed by atoms with van der Waals surface area (Å²) in [5.41, 5.74) is 12.2. The summed E-state index contributed by atoms with van der Waals surface area (Å²) in [5, 5.41) is 6.14. The number of fused-ring (bicyclic) bond motifs is 9. The molecule has 0 aliphatic carbocycles. The van der Waals surface area contributed by atoms with Crippen LogP contribution in [0.3, 0.4) is 0 Å². The summed E-state index contributed by atoms with van der Waals surface area (Å²) in [6.07, 6.45) is 8.90. The average molecular weight is 669 g/mol. The molecule has 8 heteroatoms. The third-order valence-corrected chi connectivity index (χ3v) is 10.4.